The van der Waals surface area contributed by atoms with E-state index in [1.165, 1.54) is 12.1 Å². The van der Waals surface area contributed by atoms with E-state index in [0.29, 0.717) is 17.8 Å². The molecular formula is C19H20FN3O2. The van der Waals surface area contributed by atoms with Gasteiger partial charge in [-0.2, -0.15) is 0 Å². The van der Waals surface area contributed by atoms with Gasteiger partial charge in [0.1, 0.15) is 5.82 Å². The summed E-state index contributed by atoms with van der Waals surface area (Å²) in [6, 6.07) is 12.4. The maximum atomic E-state index is 13.2. The molecule has 1 saturated carbocycles. The fourth-order valence-corrected chi connectivity index (χ4v) is 3.21. The van der Waals surface area contributed by atoms with Crippen molar-refractivity contribution in [1.29, 1.82) is 0 Å². The van der Waals surface area contributed by atoms with Crippen molar-refractivity contribution in [1.82, 2.24) is 5.32 Å². The van der Waals surface area contributed by atoms with Crippen LogP contribution in [0.2, 0.25) is 0 Å². The Kier molecular flexibility index (Phi) is 4.70. The number of hydrogen-bond acceptors (Lipinski definition) is 2. The van der Waals surface area contributed by atoms with Gasteiger partial charge in [-0.15, -0.1) is 0 Å². The SMILES string of the molecule is NC(=O)Nc1cccc(C(=O)NCC2(c3ccc(F)cc3)CCC2)c1. The van der Waals surface area contributed by atoms with E-state index in [-0.39, 0.29) is 17.1 Å². The second-order valence-electron chi connectivity index (χ2n) is 6.39. The van der Waals surface area contributed by atoms with Crippen molar-refractivity contribution in [2.75, 3.05) is 11.9 Å². The van der Waals surface area contributed by atoms with E-state index >= 15 is 0 Å². The molecule has 0 heterocycles. The summed E-state index contributed by atoms with van der Waals surface area (Å²) >= 11 is 0. The minimum absolute atomic E-state index is 0.132. The van der Waals surface area contributed by atoms with Crippen molar-refractivity contribution in [3.8, 4) is 0 Å². The van der Waals surface area contributed by atoms with E-state index in [1.807, 2.05) is 0 Å². The molecule has 2 aromatic carbocycles. The number of benzene rings is 2. The molecule has 3 rings (SSSR count). The first kappa shape index (κ1) is 17.0. The zero-order valence-corrected chi connectivity index (χ0v) is 13.7. The summed E-state index contributed by atoms with van der Waals surface area (Å²) in [7, 11) is 0. The van der Waals surface area contributed by atoms with Crippen molar-refractivity contribution in [2.45, 2.75) is 24.7 Å². The predicted molar refractivity (Wildman–Crippen MR) is 93.9 cm³/mol. The van der Waals surface area contributed by atoms with Gasteiger partial charge in [0.2, 0.25) is 0 Å². The van der Waals surface area contributed by atoms with Crippen LogP contribution in [0.4, 0.5) is 14.9 Å². The van der Waals surface area contributed by atoms with Gasteiger partial charge in [0.25, 0.3) is 5.91 Å². The molecule has 5 nitrogen and oxygen atoms in total. The molecule has 130 valence electrons. The van der Waals surface area contributed by atoms with Crippen LogP contribution in [0.1, 0.15) is 35.2 Å². The summed E-state index contributed by atoms with van der Waals surface area (Å²) in [4.78, 5) is 23.4. The van der Waals surface area contributed by atoms with Gasteiger partial charge < -0.3 is 16.4 Å². The fourth-order valence-electron chi connectivity index (χ4n) is 3.21. The van der Waals surface area contributed by atoms with Crippen LogP contribution >= 0.6 is 0 Å². The number of halogens is 1. The summed E-state index contributed by atoms with van der Waals surface area (Å²) in [6.45, 7) is 0.491. The molecule has 0 bridgehead atoms. The Balaban J connectivity index is 1.69. The molecule has 0 saturated heterocycles. The van der Waals surface area contributed by atoms with Crippen molar-refractivity contribution in [2.24, 2.45) is 5.73 Å². The first-order valence-corrected chi connectivity index (χ1v) is 8.19. The highest BCUT2D eigenvalue weighted by Crippen LogP contribution is 2.43. The van der Waals surface area contributed by atoms with E-state index in [0.717, 1.165) is 24.8 Å². The molecule has 0 spiro atoms. The van der Waals surface area contributed by atoms with Gasteiger partial charge in [-0.05, 0) is 48.7 Å². The van der Waals surface area contributed by atoms with Gasteiger partial charge in [0, 0.05) is 23.2 Å². The third kappa shape index (κ3) is 3.79. The van der Waals surface area contributed by atoms with E-state index in [4.69, 9.17) is 5.73 Å². The highest BCUT2D eigenvalue weighted by atomic mass is 19.1. The second kappa shape index (κ2) is 6.93. The van der Waals surface area contributed by atoms with Gasteiger partial charge in [0.15, 0.2) is 0 Å². The van der Waals surface area contributed by atoms with Crippen molar-refractivity contribution in [3.05, 3.63) is 65.5 Å². The summed E-state index contributed by atoms with van der Waals surface area (Å²) < 4.78 is 13.2. The van der Waals surface area contributed by atoms with Crippen LogP contribution in [-0.2, 0) is 5.41 Å². The molecule has 0 aromatic heterocycles. The quantitative estimate of drug-likeness (QED) is 0.780. The van der Waals surface area contributed by atoms with Crippen molar-refractivity contribution in [3.63, 3.8) is 0 Å². The standard InChI is InChI=1S/C19H20FN3O2/c20-15-7-5-14(6-8-15)19(9-2-10-19)12-22-17(24)13-3-1-4-16(11-13)23-18(21)25/h1,3-8,11H,2,9-10,12H2,(H,22,24)(H3,21,23,25). The first-order valence-electron chi connectivity index (χ1n) is 8.19. The Morgan fingerprint density at radius 3 is 2.44 bits per heavy atom. The molecule has 25 heavy (non-hydrogen) atoms. The lowest BCUT2D eigenvalue weighted by Gasteiger charge is -2.42. The molecule has 1 fully saturated rings. The number of rotatable bonds is 5. The Hall–Kier alpha value is -2.89. The molecule has 1 aliphatic rings. The third-order valence-corrected chi connectivity index (χ3v) is 4.75. The number of nitrogens with one attached hydrogen (secondary N) is 2. The highest BCUT2D eigenvalue weighted by Gasteiger charge is 2.38. The minimum atomic E-state index is -0.678. The van der Waals surface area contributed by atoms with E-state index in [9.17, 15) is 14.0 Å². The topological polar surface area (TPSA) is 84.2 Å². The zero-order valence-electron chi connectivity index (χ0n) is 13.7. The Bertz CT molecular complexity index is 786. The summed E-state index contributed by atoms with van der Waals surface area (Å²) in [5, 5.41) is 5.41. The molecule has 6 heteroatoms. The minimum Gasteiger partial charge on any atom is -0.351 e. The van der Waals surface area contributed by atoms with Gasteiger partial charge >= 0.3 is 6.03 Å². The number of anilines is 1. The molecule has 0 aliphatic heterocycles. The Labute approximate surface area is 145 Å². The smallest absolute Gasteiger partial charge is 0.316 e. The van der Waals surface area contributed by atoms with Gasteiger partial charge in [-0.25, -0.2) is 9.18 Å². The molecular weight excluding hydrogens is 321 g/mol. The molecule has 3 amide bonds. The highest BCUT2D eigenvalue weighted by molar-refractivity contribution is 5.96. The lowest BCUT2D eigenvalue weighted by atomic mass is 9.64. The molecule has 4 N–H and O–H groups in total. The maximum absolute atomic E-state index is 13.2. The third-order valence-electron chi connectivity index (χ3n) is 4.75. The van der Waals surface area contributed by atoms with Crippen LogP contribution in [0.15, 0.2) is 48.5 Å². The predicted octanol–water partition coefficient (Wildman–Crippen LogP) is 3.17. The van der Waals surface area contributed by atoms with Gasteiger partial charge in [0.05, 0.1) is 0 Å². The van der Waals surface area contributed by atoms with Gasteiger partial charge in [-0.1, -0.05) is 24.6 Å². The molecule has 0 unspecified atom stereocenters. The van der Waals surface area contributed by atoms with Crippen LogP contribution in [0.3, 0.4) is 0 Å². The first-order chi connectivity index (χ1) is 12.0. The zero-order chi connectivity index (χ0) is 17.9. The van der Waals surface area contributed by atoms with E-state index in [1.54, 1.807) is 36.4 Å². The van der Waals surface area contributed by atoms with Crippen LogP contribution in [0.25, 0.3) is 0 Å². The number of primary amides is 1. The van der Waals surface area contributed by atoms with Crippen molar-refractivity contribution >= 4 is 17.6 Å². The Morgan fingerprint density at radius 2 is 1.84 bits per heavy atom. The van der Waals surface area contributed by atoms with Gasteiger partial charge in [-0.3, -0.25) is 4.79 Å². The van der Waals surface area contributed by atoms with Crippen LogP contribution in [0.5, 0.6) is 0 Å². The second-order valence-corrected chi connectivity index (χ2v) is 6.39. The Morgan fingerprint density at radius 1 is 1.12 bits per heavy atom. The lowest BCUT2D eigenvalue weighted by molar-refractivity contribution is 0.0928. The number of urea groups is 1. The maximum Gasteiger partial charge on any atom is 0.316 e. The van der Waals surface area contributed by atoms with Crippen molar-refractivity contribution < 1.29 is 14.0 Å². The largest absolute Gasteiger partial charge is 0.351 e. The fraction of sp³-hybridized carbons (Fsp3) is 0.263. The van der Waals surface area contributed by atoms with E-state index < -0.39 is 6.03 Å². The summed E-state index contributed by atoms with van der Waals surface area (Å²) in [5.41, 5.74) is 6.92. The van der Waals surface area contributed by atoms with Crippen LogP contribution in [-0.4, -0.2) is 18.5 Å². The number of amides is 3. The molecule has 0 atom stereocenters. The molecule has 0 radical (unpaired) electrons. The molecule has 1 aliphatic carbocycles. The lowest BCUT2D eigenvalue weighted by Crippen LogP contribution is -2.45. The summed E-state index contributed by atoms with van der Waals surface area (Å²) in [6.07, 6.45) is 3.01. The normalized spacial score (nSPS) is 15.1. The molecule has 2 aromatic rings. The number of carbonyl (C=O) groups is 2. The number of hydrogen-bond donors (Lipinski definition) is 3. The average molecular weight is 341 g/mol. The number of nitrogens with two attached hydrogens (primary N) is 1. The summed E-state index contributed by atoms with van der Waals surface area (Å²) in [5.74, 6) is -0.484. The van der Waals surface area contributed by atoms with E-state index in [2.05, 4.69) is 10.6 Å². The average Bonchev–Trinajstić information content (AvgIpc) is 2.55. The monoisotopic (exact) mass is 341 g/mol. The number of carbonyl (C=O) groups excluding carboxylic acids is 2. The van der Waals surface area contributed by atoms with Crippen LogP contribution < -0.4 is 16.4 Å². The van der Waals surface area contributed by atoms with Crippen LogP contribution in [0, 0.1) is 5.82 Å².